The Morgan fingerprint density at radius 3 is 0.717 bits per heavy atom. The van der Waals surface area contributed by atoms with Crippen LogP contribution in [0.2, 0.25) is 0 Å². The van der Waals surface area contributed by atoms with Crippen molar-refractivity contribution in [2.45, 2.75) is 10.8 Å². The Morgan fingerprint density at radius 2 is 0.402 bits per heavy atom. The summed E-state index contributed by atoms with van der Waals surface area (Å²) < 4.78 is 0. The molecular formula is C88H66N4. The first-order valence-electron chi connectivity index (χ1n) is 31.8. The minimum atomic E-state index is -0.518. The highest BCUT2D eigenvalue weighted by Gasteiger charge is 2.52. The fraction of sp³-hybridized carbons (Fsp3) is 0.0455. The standard InChI is InChI=1S/C44H32N2.C44H34N2/c1-45(31-15-5-2-6-16-31)34-25-27-38-39-28-26-35(46(32-17-7-3-8-18-32)33-19-9-4-10-20-33)30-43(39)44(42(38)29-34)40-23-13-11-21-36(40)37-22-12-14-24-41(37)44;1-45(35-21-11-4-12-22-35)38-27-29-40-41-30-28-39(46(36-23-13-5-14-24-36)37-25-15-6-16-26-37)32-43(41)44(42(40)31-38,33-17-7-2-8-18-33)34-19-9-3-10-20-34/h2-30H,1H3;2-32H,1H3. The van der Waals surface area contributed by atoms with Gasteiger partial charge in [-0.2, -0.15) is 0 Å². The van der Waals surface area contributed by atoms with Crippen molar-refractivity contribution in [3.8, 4) is 33.4 Å². The van der Waals surface area contributed by atoms with Crippen molar-refractivity contribution in [3.05, 3.63) is 408 Å². The maximum Gasteiger partial charge on any atom is 0.0727 e. The summed E-state index contributed by atoms with van der Waals surface area (Å²) in [6, 6.07) is 132. The average Bonchev–Trinajstić information content (AvgIpc) is 1.52. The van der Waals surface area contributed by atoms with Crippen LogP contribution in [0.4, 0.5) is 56.9 Å². The highest BCUT2D eigenvalue weighted by molar-refractivity contribution is 5.98. The Hall–Kier alpha value is -11.7. The molecule has 92 heavy (non-hydrogen) atoms. The number of para-hydroxylation sites is 6. The van der Waals surface area contributed by atoms with Gasteiger partial charge in [0.1, 0.15) is 0 Å². The number of hydrogen-bond acceptors (Lipinski definition) is 4. The second kappa shape index (κ2) is 23.3. The summed E-state index contributed by atoms with van der Waals surface area (Å²) in [6.07, 6.45) is 0. The molecule has 438 valence electrons. The summed E-state index contributed by atoms with van der Waals surface area (Å²) >= 11 is 0. The summed E-state index contributed by atoms with van der Waals surface area (Å²) in [7, 11) is 4.32. The third-order valence-corrected chi connectivity index (χ3v) is 19.2. The van der Waals surface area contributed by atoms with Crippen LogP contribution in [0.15, 0.2) is 364 Å². The molecule has 4 heteroatoms. The van der Waals surface area contributed by atoms with Crippen molar-refractivity contribution in [2.75, 3.05) is 33.7 Å². The van der Waals surface area contributed by atoms with E-state index in [4.69, 9.17) is 0 Å². The summed E-state index contributed by atoms with van der Waals surface area (Å²) in [6.45, 7) is 0. The molecule has 17 rings (SSSR count). The second-order valence-corrected chi connectivity index (χ2v) is 24.0. The molecule has 0 aromatic heterocycles. The van der Waals surface area contributed by atoms with Gasteiger partial charge in [-0.15, -0.1) is 0 Å². The van der Waals surface area contributed by atoms with Crippen LogP contribution in [0.5, 0.6) is 0 Å². The number of benzene rings is 14. The predicted octanol–water partition coefficient (Wildman–Crippen LogP) is 22.6. The van der Waals surface area contributed by atoms with E-state index < -0.39 is 10.8 Å². The van der Waals surface area contributed by atoms with E-state index in [0.717, 1.165) is 45.5 Å². The summed E-state index contributed by atoms with van der Waals surface area (Å²) in [5.41, 5.74) is 28.7. The Labute approximate surface area is 540 Å². The zero-order valence-electron chi connectivity index (χ0n) is 51.4. The van der Waals surface area contributed by atoms with E-state index in [1.807, 2.05) is 0 Å². The fourth-order valence-corrected chi connectivity index (χ4v) is 15.1. The maximum absolute atomic E-state index is 2.45. The van der Waals surface area contributed by atoms with Crippen molar-refractivity contribution >= 4 is 56.9 Å². The van der Waals surface area contributed by atoms with Gasteiger partial charge in [0.15, 0.2) is 0 Å². The number of hydrogen-bond donors (Lipinski definition) is 0. The van der Waals surface area contributed by atoms with E-state index in [1.165, 1.54) is 89.3 Å². The number of nitrogens with zero attached hydrogens (tertiary/aromatic N) is 4. The van der Waals surface area contributed by atoms with Gasteiger partial charge in [0, 0.05) is 71.0 Å². The summed E-state index contributed by atoms with van der Waals surface area (Å²) in [5, 5.41) is 0. The van der Waals surface area contributed by atoms with E-state index in [9.17, 15) is 0 Å². The lowest BCUT2D eigenvalue weighted by Gasteiger charge is -2.35. The van der Waals surface area contributed by atoms with Gasteiger partial charge in [0.2, 0.25) is 0 Å². The topological polar surface area (TPSA) is 13.0 Å². The van der Waals surface area contributed by atoms with Gasteiger partial charge >= 0.3 is 0 Å². The molecule has 3 aliphatic carbocycles. The molecule has 0 amide bonds. The van der Waals surface area contributed by atoms with Gasteiger partial charge < -0.3 is 19.6 Å². The molecule has 0 aliphatic heterocycles. The Morgan fingerprint density at radius 1 is 0.174 bits per heavy atom. The first-order chi connectivity index (χ1) is 45.5. The lowest BCUT2D eigenvalue weighted by Crippen LogP contribution is -2.29. The Balaban J connectivity index is 0.000000146. The molecule has 14 aromatic carbocycles. The van der Waals surface area contributed by atoms with Crippen molar-refractivity contribution in [1.29, 1.82) is 0 Å². The Kier molecular flexibility index (Phi) is 14.1. The quantitative estimate of drug-likeness (QED) is 0.121. The van der Waals surface area contributed by atoms with Gasteiger partial charge in [-0.25, -0.2) is 0 Å². The molecule has 3 aliphatic rings. The molecule has 0 fully saturated rings. The van der Waals surface area contributed by atoms with Gasteiger partial charge in [0.05, 0.1) is 10.8 Å². The van der Waals surface area contributed by atoms with E-state index in [1.54, 1.807) is 0 Å². The maximum atomic E-state index is 2.45. The summed E-state index contributed by atoms with van der Waals surface area (Å²) in [4.78, 5) is 9.31. The molecule has 1 spiro atoms. The van der Waals surface area contributed by atoms with Crippen molar-refractivity contribution < 1.29 is 0 Å². The molecule has 0 saturated carbocycles. The average molecular weight is 1180 g/mol. The molecule has 0 heterocycles. The first-order valence-corrected chi connectivity index (χ1v) is 31.8. The van der Waals surface area contributed by atoms with Gasteiger partial charge in [0.25, 0.3) is 0 Å². The van der Waals surface area contributed by atoms with Crippen LogP contribution in [0, 0.1) is 0 Å². The molecule has 14 aromatic rings. The molecule has 0 saturated heterocycles. The molecule has 4 nitrogen and oxygen atoms in total. The normalized spacial score (nSPS) is 12.8. The zero-order chi connectivity index (χ0) is 61.6. The van der Waals surface area contributed by atoms with Gasteiger partial charge in [-0.05, 0) is 199 Å². The van der Waals surface area contributed by atoms with Crippen LogP contribution in [0.3, 0.4) is 0 Å². The largest absolute Gasteiger partial charge is 0.345 e. The van der Waals surface area contributed by atoms with Gasteiger partial charge in [-0.3, -0.25) is 0 Å². The minimum Gasteiger partial charge on any atom is -0.345 e. The minimum absolute atomic E-state index is 0.444. The van der Waals surface area contributed by atoms with Crippen molar-refractivity contribution in [3.63, 3.8) is 0 Å². The second-order valence-electron chi connectivity index (χ2n) is 24.0. The third kappa shape index (κ3) is 9.13. The molecule has 0 unspecified atom stereocenters. The SMILES string of the molecule is CN(c1ccccc1)c1ccc2c(c1)C(c1ccccc1)(c1ccccc1)c1cc(N(c3ccccc3)c3ccccc3)ccc1-2.CN(c1ccccc1)c1ccc2c(c1)C1(c3ccccc3-c3ccccc31)c1cc(N(c3ccccc3)c3ccccc3)ccc1-2. The van der Waals surface area contributed by atoms with Crippen molar-refractivity contribution in [2.24, 2.45) is 0 Å². The van der Waals surface area contributed by atoms with E-state index >= 15 is 0 Å². The van der Waals surface area contributed by atoms with E-state index in [0.29, 0.717) is 0 Å². The predicted molar refractivity (Wildman–Crippen MR) is 385 cm³/mol. The lowest BCUT2D eigenvalue weighted by molar-refractivity contribution is 0.768. The van der Waals surface area contributed by atoms with Crippen LogP contribution in [-0.4, -0.2) is 14.1 Å². The first kappa shape index (κ1) is 55.6. The molecule has 0 N–H and O–H groups in total. The highest BCUT2D eigenvalue weighted by Crippen LogP contribution is 2.64. The van der Waals surface area contributed by atoms with Gasteiger partial charge in [-0.1, -0.05) is 243 Å². The van der Waals surface area contributed by atoms with Crippen LogP contribution in [0.25, 0.3) is 33.4 Å². The van der Waals surface area contributed by atoms with Crippen LogP contribution in [0.1, 0.15) is 44.5 Å². The Bertz CT molecular complexity index is 4560. The third-order valence-electron chi connectivity index (χ3n) is 19.2. The zero-order valence-corrected chi connectivity index (χ0v) is 51.4. The van der Waals surface area contributed by atoms with E-state index in [2.05, 4.69) is 398 Å². The van der Waals surface area contributed by atoms with Crippen molar-refractivity contribution in [1.82, 2.24) is 0 Å². The monoisotopic (exact) mass is 1180 g/mol. The summed E-state index contributed by atoms with van der Waals surface area (Å²) in [5.74, 6) is 0. The van der Waals surface area contributed by atoms with E-state index in [-0.39, 0.29) is 0 Å². The molecule has 0 atom stereocenters. The highest BCUT2D eigenvalue weighted by atomic mass is 15.2. The molecule has 0 bridgehead atoms. The van der Waals surface area contributed by atoms with Crippen LogP contribution < -0.4 is 19.6 Å². The number of anilines is 10. The number of rotatable bonds is 12. The number of fused-ring (bicyclic) bond motifs is 13. The fourth-order valence-electron chi connectivity index (χ4n) is 15.1. The molecular weight excluding hydrogens is 1110 g/mol. The smallest absolute Gasteiger partial charge is 0.0727 e. The van der Waals surface area contributed by atoms with Crippen LogP contribution in [-0.2, 0) is 10.8 Å². The van der Waals surface area contributed by atoms with Crippen LogP contribution >= 0.6 is 0 Å². The lowest BCUT2D eigenvalue weighted by atomic mass is 9.67. The molecule has 0 radical (unpaired) electrons.